The van der Waals surface area contributed by atoms with Crippen molar-refractivity contribution in [2.45, 2.75) is 25.9 Å². The zero-order chi connectivity index (χ0) is 12.5. The Morgan fingerprint density at radius 3 is 2.39 bits per heavy atom. The third-order valence-corrected chi connectivity index (χ3v) is 2.59. The van der Waals surface area contributed by atoms with Gasteiger partial charge in [-0.05, 0) is 24.1 Å². The number of ether oxygens (including phenoxy) is 1. The second-order valence-electron chi connectivity index (χ2n) is 3.88. The van der Waals surface area contributed by atoms with Crippen molar-refractivity contribution in [3.8, 4) is 5.75 Å². The van der Waals surface area contributed by atoms with Crippen LogP contribution in [-0.2, 0) is 6.54 Å². The number of hydrogen-bond acceptors (Lipinski definition) is 4. The first-order valence-corrected chi connectivity index (χ1v) is 5.97. The molecule has 1 atom stereocenters. The van der Waals surface area contributed by atoms with Crippen LogP contribution in [0.15, 0.2) is 24.3 Å². The monoisotopic (exact) mass is 275 g/mol. The number of hydrogen-bond donors (Lipinski definition) is 3. The predicted octanol–water partition coefficient (Wildman–Crippen LogP) is 1.34. The molecular weight excluding hydrogens is 254 g/mol. The molecule has 3 N–H and O–H groups in total. The van der Waals surface area contributed by atoms with Crippen molar-refractivity contribution in [1.29, 1.82) is 0 Å². The fourth-order valence-electron chi connectivity index (χ4n) is 1.47. The van der Waals surface area contributed by atoms with E-state index in [2.05, 4.69) is 5.32 Å². The van der Waals surface area contributed by atoms with Crippen molar-refractivity contribution in [1.82, 2.24) is 5.32 Å². The van der Waals surface area contributed by atoms with Gasteiger partial charge in [0.2, 0.25) is 0 Å². The van der Waals surface area contributed by atoms with Gasteiger partial charge in [0.15, 0.2) is 0 Å². The Kier molecular flexibility index (Phi) is 9.69. The smallest absolute Gasteiger partial charge is 0.119 e. The number of benzene rings is 1. The molecule has 1 aromatic carbocycles. The Hall–Kier alpha value is -0.810. The van der Waals surface area contributed by atoms with Crippen molar-refractivity contribution in [3.05, 3.63) is 29.8 Å². The first kappa shape index (κ1) is 17.2. The van der Waals surface area contributed by atoms with Gasteiger partial charge in [0.05, 0.1) is 13.2 Å². The molecule has 104 valence electrons. The second kappa shape index (κ2) is 10.1. The molecular formula is C13H22ClNO3. The van der Waals surface area contributed by atoms with Crippen LogP contribution >= 0.6 is 12.4 Å². The van der Waals surface area contributed by atoms with Crippen molar-refractivity contribution in [2.24, 2.45) is 0 Å². The average molecular weight is 276 g/mol. The molecule has 5 heteroatoms. The molecule has 1 rings (SSSR count). The molecule has 0 saturated carbocycles. The summed E-state index contributed by atoms with van der Waals surface area (Å²) in [6.45, 7) is 3.28. The average Bonchev–Trinajstić information content (AvgIpc) is 2.39. The first-order chi connectivity index (χ1) is 8.30. The van der Waals surface area contributed by atoms with Crippen LogP contribution in [0.25, 0.3) is 0 Å². The van der Waals surface area contributed by atoms with Gasteiger partial charge in [0.25, 0.3) is 0 Å². The summed E-state index contributed by atoms with van der Waals surface area (Å²) in [5.41, 5.74) is 1.15. The molecule has 1 aromatic rings. The lowest BCUT2D eigenvalue weighted by Crippen LogP contribution is -2.31. The highest BCUT2D eigenvalue weighted by Gasteiger charge is 2.03. The maximum atomic E-state index is 9.04. The van der Waals surface area contributed by atoms with Gasteiger partial charge >= 0.3 is 0 Å². The third-order valence-electron chi connectivity index (χ3n) is 2.59. The molecule has 1 unspecified atom stereocenters. The molecule has 0 saturated heterocycles. The lowest BCUT2D eigenvalue weighted by Gasteiger charge is -2.14. The van der Waals surface area contributed by atoms with Gasteiger partial charge in [-0.1, -0.05) is 19.1 Å². The van der Waals surface area contributed by atoms with E-state index in [4.69, 9.17) is 14.9 Å². The quantitative estimate of drug-likeness (QED) is 0.670. The van der Waals surface area contributed by atoms with Crippen molar-refractivity contribution in [3.63, 3.8) is 0 Å². The highest BCUT2D eigenvalue weighted by molar-refractivity contribution is 5.85. The molecule has 4 nitrogen and oxygen atoms in total. The predicted molar refractivity (Wildman–Crippen MR) is 74.3 cm³/mol. The third kappa shape index (κ3) is 6.21. The summed E-state index contributed by atoms with van der Waals surface area (Å²) in [5.74, 6) is 0.761. The van der Waals surface area contributed by atoms with Gasteiger partial charge < -0.3 is 20.3 Å². The summed E-state index contributed by atoms with van der Waals surface area (Å²) >= 11 is 0. The van der Waals surface area contributed by atoms with E-state index in [-0.39, 0.29) is 31.7 Å². The molecule has 0 aliphatic heterocycles. The van der Waals surface area contributed by atoms with Crippen LogP contribution < -0.4 is 10.1 Å². The fraction of sp³-hybridized carbons (Fsp3) is 0.538. The summed E-state index contributed by atoms with van der Waals surface area (Å²) < 4.78 is 5.27. The largest absolute Gasteiger partial charge is 0.491 e. The van der Waals surface area contributed by atoms with Gasteiger partial charge in [-0.25, -0.2) is 0 Å². The van der Waals surface area contributed by atoms with Crippen LogP contribution in [0.4, 0.5) is 0 Å². The Morgan fingerprint density at radius 2 is 1.89 bits per heavy atom. The number of rotatable bonds is 8. The number of aliphatic hydroxyl groups excluding tert-OH is 2. The molecule has 0 aliphatic rings. The lowest BCUT2D eigenvalue weighted by atomic mass is 10.2. The standard InChI is InChI=1S/C13H21NO3.ClH/c1-2-12(10-16)14-9-11-3-5-13(6-4-11)17-8-7-15;/h3-6,12,14-16H,2,7-10H2,1H3;1H. The van der Waals surface area contributed by atoms with Crippen LogP contribution in [0.3, 0.4) is 0 Å². The molecule has 0 heterocycles. The van der Waals surface area contributed by atoms with Crippen LogP contribution in [-0.4, -0.2) is 36.1 Å². The van der Waals surface area contributed by atoms with Gasteiger partial charge in [-0.15, -0.1) is 12.4 Å². The molecule has 0 radical (unpaired) electrons. The SMILES string of the molecule is CCC(CO)NCc1ccc(OCCO)cc1.Cl. The highest BCUT2D eigenvalue weighted by atomic mass is 35.5. The molecule has 18 heavy (non-hydrogen) atoms. The zero-order valence-corrected chi connectivity index (χ0v) is 11.4. The van der Waals surface area contributed by atoms with E-state index in [9.17, 15) is 0 Å². The van der Waals surface area contributed by atoms with Gasteiger partial charge in [0.1, 0.15) is 12.4 Å². The van der Waals surface area contributed by atoms with Crippen LogP contribution in [0.1, 0.15) is 18.9 Å². The van der Waals surface area contributed by atoms with Crippen LogP contribution in [0.2, 0.25) is 0 Å². The van der Waals surface area contributed by atoms with E-state index in [0.717, 1.165) is 24.3 Å². The molecule has 0 aromatic heterocycles. The van der Waals surface area contributed by atoms with E-state index < -0.39 is 0 Å². The molecule has 0 fully saturated rings. The number of halogens is 1. The minimum atomic E-state index is 0. The van der Waals surface area contributed by atoms with E-state index in [1.165, 1.54) is 0 Å². The van der Waals surface area contributed by atoms with E-state index >= 15 is 0 Å². The highest BCUT2D eigenvalue weighted by Crippen LogP contribution is 2.12. The van der Waals surface area contributed by atoms with E-state index in [1.807, 2.05) is 31.2 Å². The topological polar surface area (TPSA) is 61.7 Å². The van der Waals surface area contributed by atoms with Crippen molar-refractivity contribution >= 4 is 12.4 Å². The normalized spacial score (nSPS) is 11.7. The van der Waals surface area contributed by atoms with E-state index in [1.54, 1.807) is 0 Å². The Labute approximate surface area is 114 Å². The van der Waals surface area contributed by atoms with Gasteiger partial charge in [-0.3, -0.25) is 0 Å². The van der Waals surface area contributed by atoms with E-state index in [0.29, 0.717) is 6.61 Å². The number of nitrogens with one attached hydrogen (secondary N) is 1. The molecule has 0 aliphatic carbocycles. The maximum Gasteiger partial charge on any atom is 0.119 e. The first-order valence-electron chi connectivity index (χ1n) is 5.97. The Balaban J connectivity index is 0.00000289. The lowest BCUT2D eigenvalue weighted by molar-refractivity contribution is 0.201. The van der Waals surface area contributed by atoms with Crippen molar-refractivity contribution < 1.29 is 14.9 Å². The van der Waals surface area contributed by atoms with Gasteiger partial charge in [-0.2, -0.15) is 0 Å². The summed E-state index contributed by atoms with van der Waals surface area (Å²) in [7, 11) is 0. The number of aliphatic hydroxyl groups is 2. The minimum absolute atomic E-state index is 0. The Bertz CT molecular complexity index is 302. The van der Waals surface area contributed by atoms with Crippen LogP contribution in [0.5, 0.6) is 5.75 Å². The molecule has 0 amide bonds. The summed E-state index contributed by atoms with van der Waals surface area (Å²) in [5, 5.41) is 20.9. The Morgan fingerprint density at radius 1 is 1.22 bits per heavy atom. The fourth-order valence-corrected chi connectivity index (χ4v) is 1.47. The van der Waals surface area contributed by atoms with Crippen LogP contribution in [0, 0.1) is 0 Å². The zero-order valence-electron chi connectivity index (χ0n) is 10.6. The minimum Gasteiger partial charge on any atom is -0.491 e. The summed E-state index contributed by atoms with van der Waals surface area (Å²) in [6, 6.07) is 7.87. The molecule has 0 bridgehead atoms. The van der Waals surface area contributed by atoms with Crippen molar-refractivity contribution in [2.75, 3.05) is 19.8 Å². The summed E-state index contributed by atoms with van der Waals surface area (Å²) in [4.78, 5) is 0. The summed E-state index contributed by atoms with van der Waals surface area (Å²) in [6.07, 6.45) is 0.911. The maximum absolute atomic E-state index is 9.04. The second-order valence-corrected chi connectivity index (χ2v) is 3.88. The van der Waals surface area contributed by atoms with Gasteiger partial charge in [0, 0.05) is 12.6 Å². The molecule has 0 spiro atoms.